The number of amidine groups is 1. The van der Waals surface area contributed by atoms with E-state index in [-0.39, 0.29) is 11.9 Å². The van der Waals surface area contributed by atoms with Gasteiger partial charge in [-0.15, -0.1) is 0 Å². The highest BCUT2D eigenvalue weighted by Crippen LogP contribution is 2.36. The Morgan fingerprint density at radius 2 is 1.80 bits per heavy atom. The summed E-state index contributed by atoms with van der Waals surface area (Å²) >= 11 is 1.41. The number of aliphatic imine (C=N–C) groups is 1. The van der Waals surface area contributed by atoms with Crippen molar-refractivity contribution in [2.24, 2.45) is 4.99 Å². The minimum atomic E-state index is -0.0244. The lowest BCUT2D eigenvalue weighted by molar-refractivity contribution is -0.123. The van der Waals surface area contributed by atoms with Crippen LogP contribution < -0.4 is 4.74 Å². The highest BCUT2D eigenvalue weighted by atomic mass is 32.2. The normalized spacial score (nSPS) is 16.5. The van der Waals surface area contributed by atoms with Crippen molar-refractivity contribution in [3.63, 3.8) is 0 Å². The highest BCUT2D eigenvalue weighted by molar-refractivity contribution is 8.18. The molecule has 1 saturated heterocycles. The molecule has 176 valence electrons. The van der Waals surface area contributed by atoms with Crippen LogP contribution >= 0.6 is 11.8 Å². The van der Waals surface area contributed by atoms with Gasteiger partial charge < -0.3 is 4.74 Å². The predicted molar refractivity (Wildman–Crippen MR) is 142 cm³/mol. The maximum atomic E-state index is 13.3. The Morgan fingerprint density at radius 1 is 1.09 bits per heavy atom. The second-order valence-corrected chi connectivity index (χ2v) is 9.41. The molecule has 4 rings (SSSR count). The molecule has 0 N–H and O–H groups in total. The van der Waals surface area contributed by atoms with Crippen molar-refractivity contribution in [3.8, 4) is 11.8 Å². The molecule has 1 amide bonds. The van der Waals surface area contributed by atoms with Gasteiger partial charge in [0.15, 0.2) is 5.17 Å². The molecular formula is C29H27N3O2S. The van der Waals surface area contributed by atoms with Crippen LogP contribution in [-0.2, 0) is 11.4 Å². The fourth-order valence-electron chi connectivity index (χ4n) is 3.59. The fraction of sp³-hybridized carbons (Fsp3) is 0.207. The van der Waals surface area contributed by atoms with Crippen molar-refractivity contribution in [1.82, 2.24) is 4.90 Å². The van der Waals surface area contributed by atoms with Crippen LogP contribution in [0.1, 0.15) is 42.5 Å². The lowest BCUT2D eigenvalue weighted by Crippen LogP contribution is -2.36. The van der Waals surface area contributed by atoms with Crippen molar-refractivity contribution in [1.29, 1.82) is 5.26 Å². The largest absolute Gasteiger partial charge is 0.489 e. The lowest BCUT2D eigenvalue weighted by atomic mass is 10.1. The third-order valence-electron chi connectivity index (χ3n) is 5.84. The van der Waals surface area contributed by atoms with E-state index in [0.29, 0.717) is 28.0 Å². The molecule has 0 radical (unpaired) electrons. The molecule has 0 spiro atoms. The van der Waals surface area contributed by atoms with Gasteiger partial charge >= 0.3 is 0 Å². The first-order chi connectivity index (χ1) is 17.0. The van der Waals surface area contributed by atoms with Gasteiger partial charge in [-0.25, -0.2) is 4.99 Å². The number of nitrogens with zero attached hydrogens (tertiary/aromatic N) is 3. The highest BCUT2D eigenvalue weighted by Gasteiger charge is 2.36. The average Bonchev–Trinajstić information content (AvgIpc) is 3.18. The van der Waals surface area contributed by atoms with Crippen LogP contribution in [0.5, 0.6) is 5.75 Å². The number of carbonyl (C=O) groups excluding carboxylic acids is 1. The molecule has 0 aliphatic carbocycles. The van der Waals surface area contributed by atoms with E-state index in [1.54, 1.807) is 11.0 Å². The SMILES string of the molecule is CC[C@H](C)N1C(=O)/C(=C\c2ccc(OCc3ccccc3C#N)cc2)SC1=Nc1ccc(C)cc1. The molecule has 3 aromatic rings. The summed E-state index contributed by atoms with van der Waals surface area (Å²) in [4.78, 5) is 20.5. The lowest BCUT2D eigenvalue weighted by Gasteiger charge is -2.22. The Kier molecular flexibility index (Phi) is 7.69. The first-order valence-electron chi connectivity index (χ1n) is 11.6. The van der Waals surface area contributed by atoms with Crippen molar-refractivity contribution in [2.75, 3.05) is 0 Å². The van der Waals surface area contributed by atoms with E-state index < -0.39 is 0 Å². The topological polar surface area (TPSA) is 65.7 Å². The number of rotatable bonds is 7. The van der Waals surface area contributed by atoms with E-state index >= 15 is 0 Å². The molecule has 1 aliphatic heterocycles. The van der Waals surface area contributed by atoms with Gasteiger partial charge in [-0.2, -0.15) is 5.26 Å². The van der Waals surface area contributed by atoms with Gasteiger partial charge in [0.25, 0.3) is 5.91 Å². The molecule has 5 nitrogen and oxygen atoms in total. The molecule has 1 aliphatic rings. The Hall–Kier alpha value is -3.82. The van der Waals surface area contributed by atoms with Crippen molar-refractivity contribution in [3.05, 3.63) is 100.0 Å². The van der Waals surface area contributed by atoms with E-state index in [2.05, 4.69) is 13.0 Å². The zero-order valence-corrected chi connectivity index (χ0v) is 20.9. The summed E-state index contributed by atoms with van der Waals surface area (Å²) in [7, 11) is 0. The summed E-state index contributed by atoms with van der Waals surface area (Å²) in [5.41, 5.74) is 4.37. The number of aryl methyl sites for hydroxylation is 1. The minimum Gasteiger partial charge on any atom is -0.489 e. The van der Waals surface area contributed by atoms with E-state index in [9.17, 15) is 10.1 Å². The van der Waals surface area contributed by atoms with Gasteiger partial charge in [0.1, 0.15) is 12.4 Å². The summed E-state index contributed by atoms with van der Waals surface area (Å²) in [6.45, 7) is 6.48. The van der Waals surface area contributed by atoms with Gasteiger partial charge in [0, 0.05) is 11.6 Å². The Bertz CT molecular complexity index is 1310. The smallest absolute Gasteiger partial charge is 0.266 e. The number of hydrogen-bond donors (Lipinski definition) is 0. The zero-order valence-electron chi connectivity index (χ0n) is 20.1. The Balaban J connectivity index is 1.51. The van der Waals surface area contributed by atoms with Crippen LogP contribution in [0.4, 0.5) is 5.69 Å². The molecule has 1 heterocycles. The van der Waals surface area contributed by atoms with E-state index in [1.165, 1.54) is 17.3 Å². The molecule has 35 heavy (non-hydrogen) atoms. The van der Waals surface area contributed by atoms with Gasteiger partial charge in [0.05, 0.1) is 22.2 Å². The van der Waals surface area contributed by atoms with Gasteiger partial charge in [-0.3, -0.25) is 9.69 Å². The Morgan fingerprint density at radius 3 is 2.49 bits per heavy atom. The second-order valence-electron chi connectivity index (χ2n) is 8.40. The maximum absolute atomic E-state index is 13.3. The fourth-order valence-corrected chi connectivity index (χ4v) is 4.68. The van der Waals surface area contributed by atoms with Crippen molar-refractivity contribution < 1.29 is 9.53 Å². The molecule has 0 bridgehead atoms. The third kappa shape index (κ3) is 5.82. The van der Waals surface area contributed by atoms with Crippen LogP contribution in [-0.4, -0.2) is 22.0 Å². The molecule has 0 aromatic heterocycles. The number of hydrogen-bond acceptors (Lipinski definition) is 5. The van der Waals surface area contributed by atoms with Crippen molar-refractivity contribution in [2.45, 2.75) is 39.8 Å². The van der Waals surface area contributed by atoms with Gasteiger partial charge in [0.2, 0.25) is 0 Å². The summed E-state index contributed by atoms with van der Waals surface area (Å²) in [6.07, 6.45) is 2.74. The number of amides is 1. The molecule has 1 fully saturated rings. The van der Waals surface area contributed by atoms with Gasteiger partial charge in [-0.05, 0) is 74.0 Å². The van der Waals surface area contributed by atoms with Crippen LogP contribution in [0.3, 0.4) is 0 Å². The molecule has 6 heteroatoms. The average molecular weight is 482 g/mol. The quantitative estimate of drug-likeness (QED) is 0.346. The van der Waals surface area contributed by atoms with Crippen molar-refractivity contribution >= 4 is 34.6 Å². The van der Waals surface area contributed by atoms with E-state index in [4.69, 9.17) is 9.73 Å². The summed E-state index contributed by atoms with van der Waals surface area (Å²) in [5, 5.41) is 9.94. The number of ether oxygens (including phenoxy) is 1. The van der Waals surface area contributed by atoms with Crippen LogP contribution in [0.25, 0.3) is 6.08 Å². The summed E-state index contributed by atoms with van der Waals surface area (Å²) in [5.74, 6) is 0.678. The Labute approximate surface area is 210 Å². The zero-order chi connectivity index (χ0) is 24.8. The first-order valence-corrected chi connectivity index (χ1v) is 12.4. The molecule has 0 saturated carbocycles. The number of thioether (sulfide) groups is 1. The number of benzene rings is 3. The predicted octanol–water partition coefficient (Wildman–Crippen LogP) is 6.85. The molecule has 3 aromatic carbocycles. The first kappa shape index (κ1) is 24.3. The second kappa shape index (κ2) is 11.1. The number of nitriles is 1. The van der Waals surface area contributed by atoms with E-state index in [1.807, 2.05) is 86.7 Å². The van der Waals surface area contributed by atoms with Crippen LogP contribution in [0.2, 0.25) is 0 Å². The molecule has 0 unspecified atom stereocenters. The summed E-state index contributed by atoms with van der Waals surface area (Å²) in [6, 6.07) is 25.2. The molecular weight excluding hydrogens is 454 g/mol. The summed E-state index contributed by atoms with van der Waals surface area (Å²) < 4.78 is 5.86. The van der Waals surface area contributed by atoms with Crippen LogP contribution in [0, 0.1) is 18.3 Å². The standard InChI is InChI=1S/C29H27N3O2S/c1-4-21(3)32-28(33)27(35-29(32)31-25-13-9-20(2)10-14-25)17-22-11-15-26(16-12-22)34-19-24-8-6-5-7-23(24)18-30/h5-17,21H,4,19H2,1-3H3/b27-17+,31-29?/t21-/m0/s1. The van der Waals surface area contributed by atoms with E-state index in [0.717, 1.165) is 23.2 Å². The van der Waals surface area contributed by atoms with Gasteiger partial charge in [-0.1, -0.05) is 55.0 Å². The molecule has 1 atom stereocenters. The van der Waals surface area contributed by atoms with Crippen LogP contribution in [0.15, 0.2) is 82.7 Å². The maximum Gasteiger partial charge on any atom is 0.266 e. The monoisotopic (exact) mass is 481 g/mol. The number of carbonyl (C=O) groups is 1. The third-order valence-corrected chi connectivity index (χ3v) is 6.82. The minimum absolute atomic E-state index is 0.0244.